The third-order valence-electron chi connectivity index (χ3n) is 17.9. The molecule has 96 heavy (non-hydrogen) atoms. The molecule has 0 rings (SSSR count). The van der Waals surface area contributed by atoms with E-state index < -0.39 is 97.5 Å². The summed E-state index contributed by atoms with van der Waals surface area (Å²) in [4.78, 5) is 72.8. The number of hydrogen-bond donors (Lipinski definition) is 3. The Morgan fingerprint density at radius 2 is 0.479 bits per heavy atom. The molecule has 0 heterocycles. The second-order valence-corrected chi connectivity index (χ2v) is 32.1. The van der Waals surface area contributed by atoms with Gasteiger partial charge in [0.15, 0.2) is 12.2 Å². The maximum Gasteiger partial charge on any atom is 0.472 e. The average Bonchev–Trinajstić information content (AvgIpc) is 2.40. The third kappa shape index (κ3) is 70.5. The molecular weight excluding hydrogens is 1260 g/mol. The van der Waals surface area contributed by atoms with Crippen LogP contribution in [0, 0.1) is 17.8 Å². The molecule has 2 unspecified atom stereocenters. The van der Waals surface area contributed by atoms with Crippen LogP contribution in [-0.4, -0.2) is 96.7 Å². The number of phosphoric ester groups is 2. The van der Waals surface area contributed by atoms with Crippen LogP contribution >= 0.6 is 15.6 Å². The van der Waals surface area contributed by atoms with Crippen LogP contribution in [0.4, 0.5) is 0 Å². The van der Waals surface area contributed by atoms with Gasteiger partial charge in [0.2, 0.25) is 0 Å². The Hall–Kier alpha value is -1.94. The van der Waals surface area contributed by atoms with Crippen molar-refractivity contribution in [1.29, 1.82) is 0 Å². The summed E-state index contributed by atoms with van der Waals surface area (Å²) in [6, 6.07) is 0. The van der Waals surface area contributed by atoms with Gasteiger partial charge in [-0.1, -0.05) is 344 Å². The molecule has 0 aromatic carbocycles. The summed E-state index contributed by atoms with van der Waals surface area (Å²) in [5.74, 6) is 0.0710. The molecule has 0 aromatic heterocycles. The number of carbonyl (C=O) groups excluding carboxylic acids is 4. The molecule has 0 saturated heterocycles. The van der Waals surface area contributed by atoms with E-state index in [2.05, 4.69) is 48.5 Å². The van der Waals surface area contributed by atoms with E-state index in [-0.39, 0.29) is 25.7 Å². The number of hydrogen-bond acceptors (Lipinski definition) is 15. The predicted octanol–water partition coefficient (Wildman–Crippen LogP) is 22.6. The Labute approximate surface area is 588 Å². The van der Waals surface area contributed by atoms with Crippen LogP contribution in [-0.2, 0) is 65.4 Å². The van der Waals surface area contributed by atoms with Crippen LogP contribution in [0.1, 0.15) is 395 Å². The zero-order valence-electron chi connectivity index (χ0n) is 62.8. The largest absolute Gasteiger partial charge is 0.472 e. The number of rotatable bonds is 75. The Morgan fingerprint density at radius 1 is 0.281 bits per heavy atom. The van der Waals surface area contributed by atoms with E-state index in [0.717, 1.165) is 102 Å². The van der Waals surface area contributed by atoms with Gasteiger partial charge >= 0.3 is 39.5 Å². The lowest BCUT2D eigenvalue weighted by molar-refractivity contribution is -0.161. The monoisotopic (exact) mass is 1410 g/mol. The summed E-state index contributed by atoms with van der Waals surface area (Å²) in [5, 5.41) is 10.6. The summed E-state index contributed by atoms with van der Waals surface area (Å²) in [6.07, 6.45) is 54.4. The fraction of sp³-hybridized carbons (Fsp3) is 0.948. The van der Waals surface area contributed by atoms with Crippen molar-refractivity contribution in [3.8, 4) is 0 Å². The molecule has 0 radical (unpaired) electrons. The van der Waals surface area contributed by atoms with Gasteiger partial charge in [-0.15, -0.1) is 0 Å². The van der Waals surface area contributed by atoms with E-state index in [0.29, 0.717) is 37.5 Å². The molecule has 17 nitrogen and oxygen atoms in total. The molecule has 0 aromatic rings. The van der Waals surface area contributed by atoms with Crippen molar-refractivity contribution in [2.45, 2.75) is 414 Å². The Morgan fingerprint density at radius 3 is 0.708 bits per heavy atom. The second-order valence-electron chi connectivity index (χ2n) is 29.2. The Bertz CT molecular complexity index is 1870. The second kappa shape index (κ2) is 67.5. The van der Waals surface area contributed by atoms with E-state index >= 15 is 0 Å². The Kier molecular flexibility index (Phi) is 66.2. The molecule has 0 spiro atoms. The number of aliphatic hydroxyl groups is 1. The van der Waals surface area contributed by atoms with E-state index in [1.54, 1.807) is 0 Å². The number of carbonyl (C=O) groups is 4. The average molecular weight is 1410 g/mol. The van der Waals surface area contributed by atoms with Gasteiger partial charge in [-0.05, 0) is 43.4 Å². The van der Waals surface area contributed by atoms with Crippen molar-refractivity contribution in [3.63, 3.8) is 0 Å². The standard InChI is InChI=1S/C77H150O17P2/c1-8-9-10-11-12-13-14-15-16-17-18-19-20-21-24-28-31-38-46-53-60-76(81)93-72(64-87-74(79)58-51-44-37-30-27-25-22-23-26-29-34-41-48-55-68(2)3)66-91-95(83,84)89-62-71(78)63-90-96(85,86)92-67-73(94-77(82)61-54-47-40-33-36-43-50-57-70(6)7)65-88-75(80)59-52-45-39-32-35-42-49-56-69(4)5/h68-73,78H,8-67H2,1-7H3,(H,83,84)(H,85,86)/t71-,72-,73-/m1/s1. The van der Waals surface area contributed by atoms with Gasteiger partial charge in [0.25, 0.3) is 0 Å². The maximum absolute atomic E-state index is 13.1. The highest BCUT2D eigenvalue weighted by molar-refractivity contribution is 7.47. The molecule has 570 valence electrons. The summed E-state index contributed by atoms with van der Waals surface area (Å²) in [6.45, 7) is 11.8. The maximum atomic E-state index is 13.1. The third-order valence-corrected chi connectivity index (χ3v) is 19.8. The van der Waals surface area contributed by atoms with Crippen LogP contribution in [0.25, 0.3) is 0 Å². The number of aliphatic hydroxyl groups excluding tert-OH is 1. The molecule has 0 fully saturated rings. The summed E-state index contributed by atoms with van der Waals surface area (Å²) in [7, 11) is -9.91. The van der Waals surface area contributed by atoms with Crippen LogP contribution in [0.3, 0.4) is 0 Å². The van der Waals surface area contributed by atoms with E-state index in [1.807, 2.05) is 0 Å². The number of ether oxygens (including phenoxy) is 4. The molecule has 3 N–H and O–H groups in total. The van der Waals surface area contributed by atoms with Crippen molar-refractivity contribution < 1.29 is 80.2 Å². The summed E-state index contributed by atoms with van der Waals surface area (Å²) < 4.78 is 68.5. The van der Waals surface area contributed by atoms with Crippen molar-refractivity contribution in [2.75, 3.05) is 39.6 Å². The van der Waals surface area contributed by atoms with Gasteiger partial charge in [0.1, 0.15) is 19.3 Å². The summed E-state index contributed by atoms with van der Waals surface area (Å²) >= 11 is 0. The molecule has 0 saturated carbocycles. The minimum absolute atomic E-state index is 0.103. The molecule has 0 amide bonds. The number of phosphoric acid groups is 2. The normalized spacial score (nSPS) is 14.1. The topological polar surface area (TPSA) is 237 Å². The van der Waals surface area contributed by atoms with Crippen molar-refractivity contribution >= 4 is 39.5 Å². The molecule has 0 aliphatic rings. The van der Waals surface area contributed by atoms with Crippen molar-refractivity contribution in [1.82, 2.24) is 0 Å². The van der Waals surface area contributed by atoms with Crippen LogP contribution in [0.5, 0.6) is 0 Å². The molecule has 5 atom stereocenters. The zero-order valence-corrected chi connectivity index (χ0v) is 64.6. The lowest BCUT2D eigenvalue weighted by Crippen LogP contribution is -2.30. The van der Waals surface area contributed by atoms with E-state index in [4.69, 9.17) is 37.0 Å². The highest BCUT2D eigenvalue weighted by Gasteiger charge is 2.30. The minimum Gasteiger partial charge on any atom is -0.462 e. The van der Waals surface area contributed by atoms with E-state index in [9.17, 15) is 43.2 Å². The first kappa shape index (κ1) is 94.1. The quantitative estimate of drug-likeness (QED) is 0.0222. The first-order valence-corrected chi connectivity index (χ1v) is 42.8. The lowest BCUT2D eigenvalue weighted by atomic mass is 10.0. The lowest BCUT2D eigenvalue weighted by Gasteiger charge is -2.21. The van der Waals surface area contributed by atoms with Gasteiger partial charge in [-0.25, -0.2) is 9.13 Å². The van der Waals surface area contributed by atoms with Gasteiger partial charge in [-0.3, -0.25) is 37.3 Å². The fourth-order valence-corrected chi connectivity index (χ4v) is 13.4. The van der Waals surface area contributed by atoms with Crippen molar-refractivity contribution in [3.05, 3.63) is 0 Å². The first-order valence-electron chi connectivity index (χ1n) is 39.8. The van der Waals surface area contributed by atoms with Gasteiger partial charge < -0.3 is 33.8 Å². The smallest absolute Gasteiger partial charge is 0.462 e. The van der Waals surface area contributed by atoms with Gasteiger partial charge in [0.05, 0.1) is 26.4 Å². The zero-order chi connectivity index (χ0) is 70.9. The van der Waals surface area contributed by atoms with Crippen LogP contribution < -0.4 is 0 Å². The van der Waals surface area contributed by atoms with E-state index in [1.165, 1.54) is 199 Å². The van der Waals surface area contributed by atoms with Gasteiger partial charge in [-0.2, -0.15) is 0 Å². The minimum atomic E-state index is -4.96. The number of unbranched alkanes of at least 4 members (excludes halogenated alkanes) is 43. The number of esters is 4. The predicted molar refractivity (Wildman–Crippen MR) is 391 cm³/mol. The molecular formula is C77H150O17P2. The summed E-state index contributed by atoms with van der Waals surface area (Å²) in [5.41, 5.74) is 0. The van der Waals surface area contributed by atoms with Crippen molar-refractivity contribution in [2.24, 2.45) is 17.8 Å². The molecule has 19 heteroatoms. The highest BCUT2D eigenvalue weighted by atomic mass is 31.2. The first-order chi connectivity index (χ1) is 46.2. The Balaban J connectivity index is 5.21. The highest BCUT2D eigenvalue weighted by Crippen LogP contribution is 2.45. The van der Waals surface area contributed by atoms with Gasteiger partial charge in [0, 0.05) is 25.7 Å². The SMILES string of the molecule is CCCCCCCCCCCCCCCCCCCCCCC(=O)O[C@H](COC(=O)CCCCCCCCCCCCCCCC(C)C)COP(=O)(O)OC[C@@H](O)COP(=O)(O)OC[C@@H](COC(=O)CCCCCCCCCC(C)C)OC(=O)CCCCCCCCCC(C)C. The van der Waals surface area contributed by atoms with Crippen LogP contribution in [0.15, 0.2) is 0 Å². The molecule has 0 bridgehead atoms. The fourth-order valence-electron chi connectivity index (χ4n) is 11.8. The van der Waals surface area contributed by atoms with Crippen LogP contribution in [0.2, 0.25) is 0 Å². The molecule has 0 aliphatic carbocycles. The molecule has 0 aliphatic heterocycles.